The van der Waals surface area contributed by atoms with Crippen molar-refractivity contribution in [2.75, 3.05) is 12.4 Å². The monoisotopic (exact) mass is 287 g/mol. The van der Waals surface area contributed by atoms with E-state index in [1.54, 1.807) is 18.5 Å². The molecule has 7 heteroatoms. The van der Waals surface area contributed by atoms with Gasteiger partial charge in [-0.1, -0.05) is 11.6 Å². The van der Waals surface area contributed by atoms with Gasteiger partial charge in [0.25, 0.3) is 0 Å². The smallest absolute Gasteiger partial charge is 0.356 e. The predicted octanol–water partition coefficient (Wildman–Crippen LogP) is 1.32. The summed E-state index contributed by atoms with van der Waals surface area (Å²) in [4.78, 5) is 19.4. The van der Waals surface area contributed by atoms with Crippen LogP contribution in [0.25, 0.3) is 0 Å². The van der Waals surface area contributed by atoms with Crippen LogP contribution in [0.15, 0.2) is 30.6 Å². The number of hydrogen-bond acceptors (Lipinski definition) is 5. The molecule has 0 aliphatic carbocycles. The second kappa shape index (κ2) is 6.39. The summed E-state index contributed by atoms with van der Waals surface area (Å²) in [7, 11) is 7.15. The first-order valence-electron chi connectivity index (χ1n) is 5.79. The van der Waals surface area contributed by atoms with Crippen molar-refractivity contribution in [3.8, 4) is 0 Å². The van der Waals surface area contributed by atoms with Crippen LogP contribution in [0, 0.1) is 0 Å². The average molecular weight is 288 g/mol. The summed E-state index contributed by atoms with van der Waals surface area (Å²) in [5.74, 6) is -0.628. The van der Waals surface area contributed by atoms with Crippen molar-refractivity contribution in [2.24, 2.45) is 0 Å². The number of rotatable bonds is 4. The van der Waals surface area contributed by atoms with Gasteiger partial charge >= 0.3 is 5.97 Å². The molecular formula is C13H11BClN3O2. The number of ether oxygens (including phenoxy) is 1. The van der Waals surface area contributed by atoms with E-state index in [-0.39, 0.29) is 16.3 Å². The second-order valence-electron chi connectivity index (χ2n) is 3.96. The van der Waals surface area contributed by atoms with E-state index in [1.807, 2.05) is 12.1 Å². The van der Waals surface area contributed by atoms with Crippen molar-refractivity contribution in [3.63, 3.8) is 0 Å². The van der Waals surface area contributed by atoms with E-state index >= 15 is 0 Å². The number of aromatic nitrogens is 2. The van der Waals surface area contributed by atoms with E-state index in [9.17, 15) is 4.79 Å². The molecule has 1 N–H and O–H groups in total. The molecule has 5 nitrogen and oxygen atoms in total. The minimum atomic E-state index is -0.628. The van der Waals surface area contributed by atoms with Gasteiger partial charge < -0.3 is 10.1 Å². The van der Waals surface area contributed by atoms with Gasteiger partial charge in [0.05, 0.1) is 7.11 Å². The Morgan fingerprint density at radius 1 is 1.45 bits per heavy atom. The standard InChI is InChI=1S/C13H11BClN3O2/c1-20-13(19)12-11(14)9(6-10(15)18-12)17-7-8-2-4-16-5-3-8/h2-6H,7H2,1H3,(H,17,18). The molecule has 2 aromatic rings. The molecule has 2 heterocycles. The molecule has 0 aliphatic rings. The summed E-state index contributed by atoms with van der Waals surface area (Å²) in [5.41, 5.74) is 1.75. The number of carbonyl (C=O) groups is 1. The van der Waals surface area contributed by atoms with E-state index < -0.39 is 5.97 Å². The lowest BCUT2D eigenvalue weighted by Gasteiger charge is -2.13. The molecule has 0 spiro atoms. The van der Waals surface area contributed by atoms with Crippen molar-refractivity contribution in [3.05, 3.63) is 47.0 Å². The van der Waals surface area contributed by atoms with Crippen molar-refractivity contribution < 1.29 is 9.53 Å². The summed E-state index contributed by atoms with van der Waals surface area (Å²) in [6.07, 6.45) is 3.39. The third-order valence-electron chi connectivity index (χ3n) is 2.64. The van der Waals surface area contributed by atoms with Crippen LogP contribution in [0.5, 0.6) is 0 Å². The predicted molar refractivity (Wildman–Crippen MR) is 77.5 cm³/mol. The molecule has 0 saturated heterocycles. The van der Waals surface area contributed by atoms with Gasteiger partial charge in [-0.15, -0.1) is 0 Å². The molecule has 2 radical (unpaired) electrons. The first kappa shape index (κ1) is 14.3. The van der Waals surface area contributed by atoms with E-state index in [0.717, 1.165) is 5.56 Å². The Morgan fingerprint density at radius 2 is 2.15 bits per heavy atom. The third-order valence-corrected chi connectivity index (χ3v) is 2.83. The number of hydrogen-bond donors (Lipinski definition) is 1. The lowest BCUT2D eigenvalue weighted by molar-refractivity contribution is 0.0596. The average Bonchev–Trinajstić information content (AvgIpc) is 2.48. The van der Waals surface area contributed by atoms with Crippen molar-refractivity contribution in [1.82, 2.24) is 9.97 Å². The summed E-state index contributed by atoms with van der Waals surface area (Å²) in [6.45, 7) is 0.522. The minimum Gasteiger partial charge on any atom is -0.464 e. The number of anilines is 1. The molecule has 0 aliphatic heterocycles. The van der Waals surface area contributed by atoms with Gasteiger partial charge in [0.15, 0.2) is 0 Å². The van der Waals surface area contributed by atoms with Crippen molar-refractivity contribution in [2.45, 2.75) is 6.54 Å². The molecule has 0 saturated carbocycles. The highest BCUT2D eigenvalue weighted by Gasteiger charge is 2.15. The van der Waals surface area contributed by atoms with Gasteiger partial charge in [-0.25, -0.2) is 9.78 Å². The zero-order chi connectivity index (χ0) is 14.5. The van der Waals surface area contributed by atoms with E-state index in [4.69, 9.17) is 19.4 Å². The zero-order valence-electron chi connectivity index (χ0n) is 10.8. The highest BCUT2D eigenvalue weighted by molar-refractivity contribution is 6.40. The molecule has 100 valence electrons. The Balaban J connectivity index is 2.23. The number of methoxy groups -OCH3 is 1. The quantitative estimate of drug-likeness (QED) is 0.522. The van der Waals surface area contributed by atoms with Crippen molar-refractivity contribution >= 4 is 36.6 Å². The summed E-state index contributed by atoms with van der Waals surface area (Å²) >= 11 is 5.88. The Morgan fingerprint density at radius 3 is 2.80 bits per heavy atom. The Hall–Kier alpha value is -2.08. The maximum absolute atomic E-state index is 11.6. The minimum absolute atomic E-state index is 0.00257. The molecule has 0 atom stereocenters. The molecule has 0 fully saturated rings. The first-order valence-corrected chi connectivity index (χ1v) is 6.16. The number of esters is 1. The molecule has 20 heavy (non-hydrogen) atoms. The summed E-state index contributed by atoms with van der Waals surface area (Å²) < 4.78 is 4.61. The molecule has 2 aromatic heterocycles. The van der Waals surface area contributed by atoms with Crippen LogP contribution >= 0.6 is 11.6 Å². The van der Waals surface area contributed by atoms with Gasteiger partial charge in [-0.3, -0.25) is 4.98 Å². The normalized spacial score (nSPS) is 10.1. The van der Waals surface area contributed by atoms with Gasteiger partial charge in [0.2, 0.25) is 0 Å². The molecule has 0 amide bonds. The molecule has 0 bridgehead atoms. The van der Waals surface area contributed by atoms with E-state index in [0.29, 0.717) is 12.2 Å². The number of halogens is 1. The van der Waals surface area contributed by atoms with Gasteiger partial charge in [-0.05, 0) is 29.2 Å². The van der Waals surface area contributed by atoms with Crippen LogP contribution < -0.4 is 10.8 Å². The van der Waals surface area contributed by atoms with Gasteiger partial charge in [-0.2, -0.15) is 0 Å². The molecule has 0 unspecified atom stereocenters. The van der Waals surface area contributed by atoms with Gasteiger partial charge in [0.1, 0.15) is 18.7 Å². The number of nitrogens with zero attached hydrogens (tertiary/aromatic N) is 2. The third kappa shape index (κ3) is 3.27. The SMILES string of the molecule is [B]c1c(NCc2ccncc2)cc(Cl)nc1C(=O)OC. The van der Waals surface area contributed by atoms with E-state index in [1.165, 1.54) is 7.11 Å². The molecular weight excluding hydrogens is 276 g/mol. The Kier molecular flexibility index (Phi) is 4.58. The zero-order valence-corrected chi connectivity index (χ0v) is 11.5. The summed E-state index contributed by atoms with van der Waals surface area (Å²) in [5, 5.41) is 3.27. The fourth-order valence-corrected chi connectivity index (χ4v) is 1.81. The Bertz CT molecular complexity index is 623. The number of pyridine rings is 2. The fraction of sp³-hybridized carbons (Fsp3) is 0.154. The van der Waals surface area contributed by atoms with Crippen LogP contribution in [0.2, 0.25) is 5.15 Å². The highest BCUT2D eigenvalue weighted by Crippen LogP contribution is 2.14. The maximum Gasteiger partial charge on any atom is 0.356 e. The van der Waals surface area contributed by atoms with Crippen LogP contribution in [-0.2, 0) is 11.3 Å². The van der Waals surface area contributed by atoms with Crippen molar-refractivity contribution in [1.29, 1.82) is 0 Å². The number of nitrogens with one attached hydrogen (secondary N) is 1. The lowest BCUT2D eigenvalue weighted by Crippen LogP contribution is -2.23. The lowest BCUT2D eigenvalue weighted by atomic mass is 9.92. The molecule has 2 rings (SSSR count). The topological polar surface area (TPSA) is 64.1 Å². The fourth-order valence-electron chi connectivity index (χ4n) is 1.62. The molecule has 0 aromatic carbocycles. The van der Waals surface area contributed by atoms with Crippen LogP contribution in [-0.4, -0.2) is 30.9 Å². The second-order valence-corrected chi connectivity index (χ2v) is 4.34. The number of carbonyl (C=O) groups excluding carboxylic acids is 1. The largest absolute Gasteiger partial charge is 0.464 e. The van der Waals surface area contributed by atoms with Crippen LogP contribution in [0.4, 0.5) is 5.69 Å². The maximum atomic E-state index is 11.6. The highest BCUT2D eigenvalue weighted by atomic mass is 35.5. The summed E-state index contributed by atoms with van der Waals surface area (Å²) in [6, 6.07) is 5.30. The van der Waals surface area contributed by atoms with Gasteiger partial charge in [0, 0.05) is 24.6 Å². The Labute approximate surface area is 122 Å². The van der Waals surface area contributed by atoms with E-state index in [2.05, 4.69) is 20.0 Å². The first-order chi connectivity index (χ1) is 9.61. The van der Waals surface area contributed by atoms with Crippen LogP contribution in [0.3, 0.4) is 0 Å². The van der Waals surface area contributed by atoms with Crippen LogP contribution in [0.1, 0.15) is 16.1 Å².